The van der Waals surface area contributed by atoms with Crippen LogP contribution >= 0.6 is 12.4 Å². The Hall–Kier alpha value is -1.56. The van der Waals surface area contributed by atoms with E-state index in [1.54, 1.807) is 0 Å². The Morgan fingerprint density at radius 3 is 3.00 bits per heavy atom. The standard InChI is InChI=1S/C19H24N2O3.ClH/c1-12-14-4-2-3-5-16(14)24-18(12)11-21-19(22)13-6-7-17-15(10-13)20-8-9-23-17;/h2-5,13,15,17,20H,6-11H2,1H3,(H,21,22);1H/t13-,15+,17+;/m0./s1. The van der Waals surface area contributed by atoms with Gasteiger partial charge in [0.2, 0.25) is 5.91 Å². The van der Waals surface area contributed by atoms with Crippen LogP contribution in [-0.2, 0) is 16.1 Å². The molecule has 136 valence electrons. The third-order valence-corrected chi connectivity index (χ3v) is 5.36. The van der Waals surface area contributed by atoms with Crippen LogP contribution in [0.5, 0.6) is 0 Å². The van der Waals surface area contributed by atoms with E-state index >= 15 is 0 Å². The number of benzene rings is 1. The monoisotopic (exact) mass is 364 g/mol. The highest BCUT2D eigenvalue weighted by atomic mass is 35.5. The molecule has 2 aromatic rings. The molecule has 2 aliphatic rings. The maximum absolute atomic E-state index is 12.6. The molecule has 2 heterocycles. The predicted molar refractivity (Wildman–Crippen MR) is 98.9 cm³/mol. The van der Waals surface area contributed by atoms with Crippen molar-refractivity contribution >= 4 is 29.3 Å². The summed E-state index contributed by atoms with van der Waals surface area (Å²) in [6.45, 7) is 4.16. The van der Waals surface area contributed by atoms with Crippen LogP contribution in [-0.4, -0.2) is 31.2 Å². The summed E-state index contributed by atoms with van der Waals surface area (Å²) >= 11 is 0. The molecule has 1 aromatic heterocycles. The molecule has 1 amide bonds. The summed E-state index contributed by atoms with van der Waals surface area (Å²) in [6, 6.07) is 8.30. The van der Waals surface area contributed by atoms with E-state index in [9.17, 15) is 4.79 Å². The number of furan rings is 1. The largest absolute Gasteiger partial charge is 0.459 e. The summed E-state index contributed by atoms with van der Waals surface area (Å²) < 4.78 is 11.7. The second kappa shape index (κ2) is 7.77. The van der Waals surface area contributed by atoms with Crippen LogP contribution in [0.4, 0.5) is 0 Å². The van der Waals surface area contributed by atoms with Crippen molar-refractivity contribution in [3.05, 3.63) is 35.6 Å². The number of aryl methyl sites for hydroxylation is 1. The Morgan fingerprint density at radius 2 is 2.16 bits per heavy atom. The van der Waals surface area contributed by atoms with Gasteiger partial charge < -0.3 is 19.8 Å². The van der Waals surface area contributed by atoms with Crippen molar-refractivity contribution in [3.8, 4) is 0 Å². The van der Waals surface area contributed by atoms with Crippen LogP contribution < -0.4 is 10.6 Å². The summed E-state index contributed by atoms with van der Waals surface area (Å²) in [5.41, 5.74) is 1.99. The van der Waals surface area contributed by atoms with Crippen molar-refractivity contribution in [3.63, 3.8) is 0 Å². The van der Waals surface area contributed by atoms with Crippen molar-refractivity contribution in [1.82, 2.24) is 10.6 Å². The average Bonchev–Trinajstić information content (AvgIpc) is 2.95. The van der Waals surface area contributed by atoms with Crippen LogP contribution in [0.2, 0.25) is 0 Å². The van der Waals surface area contributed by atoms with E-state index in [4.69, 9.17) is 9.15 Å². The zero-order valence-electron chi connectivity index (χ0n) is 14.4. The molecule has 5 nitrogen and oxygen atoms in total. The fraction of sp³-hybridized carbons (Fsp3) is 0.526. The highest BCUT2D eigenvalue weighted by Crippen LogP contribution is 2.29. The highest BCUT2D eigenvalue weighted by Gasteiger charge is 2.35. The maximum Gasteiger partial charge on any atom is 0.223 e. The molecule has 2 fully saturated rings. The number of nitrogens with one attached hydrogen (secondary N) is 2. The quantitative estimate of drug-likeness (QED) is 0.879. The molecule has 0 bridgehead atoms. The van der Waals surface area contributed by atoms with Crippen LogP contribution in [0.3, 0.4) is 0 Å². The van der Waals surface area contributed by atoms with Crippen molar-refractivity contribution < 1.29 is 13.9 Å². The first-order chi connectivity index (χ1) is 11.7. The lowest BCUT2D eigenvalue weighted by atomic mass is 9.82. The normalized spacial score (nSPS) is 25.9. The van der Waals surface area contributed by atoms with Gasteiger partial charge >= 0.3 is 0 Å². The van der Waals surface area contributed by atoms with E-state index in [1.807, 2.05) is 25.1 Å². The van der Waals surface area contributed by atoms with Gasteiger partial charge in [0.1, 0.15) is 11.3 Å². The number of ether oxygens (including phenoxy) is 1. The predicted octanol–water partition coefficient (Wildman–Crippen LogP) is 2.94. The van der Waals surface area contributed by atoms with Gasteiger partial charge in [0.15, 0.2) is 0 Å². The maximum atomic E-state index is 12.6. The topological polar surface area (TPSA) is 63.5 Å². The van der Waals surface area contributed by atoms with E-state index in [1.165, 1.54) is 0 Å². The van der Waals surface area contributed by atoms with E-state index in [2.05, 4.69) is 16.7 Å². The number of carbonyl (C=O) groups is 1. The molecule has 1 saturated heterocycles. The summed E-state index contributed by atoms with van der Waals surface area (Å²) in [5.74, 6) is 1.03. The lowest BCUT2D eigenvalue weighted by Crippen LogP contribution is -2.53. The number of amides is 1. The number of para-hydroxylation sites is 1. The molecule has 2 N–H and O–H groups in total. The van der Waals surface area contributed by atoms with Gasteiger partial charge in [-0.3, -0.25) is 4.79 Å². The first-order valence-electron chi connectivity index (χ1n) is 8.82. The van der Waals surface area contributed by atoms with Crippen LogP contribution in [0.1, 0.15) is 30.6 Å². The number of fused-ring (bicyclic) bond motifs is 2. The minimum Gasteiger partial charge on any atom is -0.459 e. The van der Waals surface area contributed by atoms with Gasteiger partial charge in [-0.25, -0.2) is 0 Å². The van der Waals surface area contributed by atoms with Crippen LogP contribution in [0.15, 0.2) is 28.7 Å². The fourth-order valence-electron chi connectivity index (χ4n) is 3.96. The van der Waals surface area contributed by atoms with Crippen LogP contribution in [0, 0.1) is 12.8 Å². The zero-order valence-corrected chi connectivity index (χ0v) is 15.2. The molecule has 0 spiro atoms. The SMILES string of the molecule is Cc1c(CNC(=O)[C@H]2CC[C@H]3OCCN[C@@H]3C2)oc2ccccc12.Cl. The van der Waals surface area contributed by atoms with E-state index in [-0.39, 0.29) is 30.3 Å². The second-order valence-electron chi connectivity index (χ2n) is 6.84. The van der Waals surface area contributed by atoms with Gasteiger partial charge in [0.05, 0.1) is 19.3 Å². The number of rotatable bonds is 3. The number of hydrogen-bond acceptors (Lipinski definition) is 4. The minimum atomic E-state index is 0. The van der Waals surface area contributed by atoms with Crippen molar-refractivity contribution in [2.24, 2.45) is 5.92 Å². The lowest BCUT2D eigenvalue weighted by molar-refractivity contribution is -0.128. The first kappa shape index (κ1) is 18.2. The third-order valence-electron chi connectivity index (χ3n) is 5.36. The Balaban J connectivity index is 0.00000182. The number of halogens is 1. The number of carbonyl (C=O) groups excluding carboxylic acids is 1. The Labute approximate surface area is 153 Å². The van der Waals surface area contributed by atoms with Crippen molar-refractivity contribution in [2.75, 3.05) is 13.2 Å². The molecular formula is C19H25ClN2O3. The molecule has 1 saturated carbocycles. The lowest BCUT2D eigenvalue weighted by Gasteiger charge is -2.39. The average molecular weight is 365 g/mol. The molecule has 1 aromatic carbocycles. The smallest absolute Gasteiger partial charge is 0.223 e. The third kappa shape index (κ3) is 3.68. The molecule has 0 radical (unpaired) electrons. The molecule has 4 rings (SSSR count). The molecule has 1 aliphatic carbocycles. The minimum absolute atomic E-state index is 0. The van der Waals surface area contributed by atoms with Gasteiger partial charge in [-0.2, -0.15) is 0 Å². The Bertz CT molecular complexity index is 745. The number of hydrogen-bond donors (Lipinski definition) is 2. The molecule has 1 aliphatic heterocycles. The first-order valence-corrected chi connectivity index (χ1v) is 8.82. The second-order valence-corrected chi connectivity index (χ2v) is 6.84. The summed E-state index contributed by atoms with van der Waals surface area (Å²) in [7, 11) is 0. The number of morpholine rings is 1. The zero-order chi connectivity index (χ0) is 16.5. The molecular weight excluding hydrogens is 340 g/mol. The van der Waals surface area contributed by atoms with E-state index in [0.717, 1.165) is 54.7 Å². The fourth-order valence-corrected chi connectivity index (χ4v) is 3.96. The van der Waals surface area contributed by atoms with Gasteiger partial charge in [-0.15, -0.1) is 12.4 Å². The summed E-state index contributed by atoms with van der Waals surface area (Å²) in [5, 5.41) is 7.66. The molecule has 25 heavy (non-hydrogen) atoms. The highest BCUT2D eigenvalue weighted by molar-refractivity contribution is 5.85. The van der Waals surface area contributed by atoms with Gasteiger partial charge in [0.25, 0.3) is 0 Å². The van der Waals surface area contributed by atoms with Crippen molar-refractivity contribution in [2.45, 2.75) is 44.9 Å². The van der Waals surface area contributed by atoms with Gasteiger partial charge in [-0.05, 0) is 32.3 Å². The van der Waals surface area contributed by atoms with Crippen molar-refractivity contribution in [1.29, 1.82) is 0 Å². The Kier molecular flexibility index (Phi) is 5.67. The van der Waals surface area contributed by atoms with E-state index in [0.29, 0.717) is 12.6 Å². The summed E-state index contributed by atoms with van der Waals surface area (Å²) in [6.07, 6.45) is 2.99. The van der Waals surface area contributed by atoms with Gasteiger partial charge in [0, 0.05) is 29.5 Å². The van der Waals surface area contributed by atoms with Gasteiger partial charge in [-0.1, -0.05) is 18.2 Å². The molecule has 6 heteroatoms. The summed E-state index contributed by atoms with van der Waals surface area (Å²) in [4.78, 5) is 12.6. The van der Waals surface area contributed by atoms with Crippen LogP contribution in [0.25, 0.3) is 11.0 Å². The Morgan fingerprint density at radius 1 is 1.32 bits per heavy atom. The molecule has 0 unspecified atom stereocenters. The van der Waals surface area contributed by atoms with E-state index < -0.39 is 0 Å². The molecule has 3 atom stereocenters.